The summed E-state index contributed by atoms with van der Waals surface area (Å²) in [6.07, 6.45) is 3.17. The van der Waals surface area contributed by atoms with Gasteiger partial charge >= 0.3 is 0 Å². The molecule has 0 radical (unpaired) electrons. The third-order valence-corrected chi connectivity index (χ3v) is 4.90. The van der Waals surface area contributed by atoms with Gasteiger partial charge in [-0.1, -0.05) is 11.6 Å². The number of methoxy groups -OCH3 is 1. The van der Waals surface area contributed by atoms with Gasteiger partial charge in [0.1, 0.15) is 18.7 Å². The number of nitrogens with two attached hydrogens (primary N) is 1. The maximum absolute atomic E-state index is 12.1. The predicted octanol–water partition coefficient (Wildman–Crippen LogP) is 4.07. The summed E-state index contributed by atoms with van der Waals surface area (Å²) >= 11 is 0. The number of imidazole rings is 1. The number of anilines is 4. The lowest BCUT2D eigenvalue weighted by molar-refractivity contribution is -0.111. The Kier molecular flexibility index (Phi) is 7.22. The van der Waals surface area contributed by atoms with Crippen LogP contribution in [0.25, 0.3) is 16.9 Å². The number of hydrogen-bond acceptors (Lipinski definition) is 8. The second-order valence-electron chi connectivity index (χ2n) is 7.97. The zero-order valence-electron chi connectivity index (χ0n) is 19.8. The molecule has 4 rings (SSSR count). The fourth-order valence-electron chi connectivity index (χ4n) is 3.35. The van der Waals surface area contributed by atoms with Crippen LogP contribution >= 0.6 is 0 Å². The van der Waals surface area contributed by atoms with E-state index in [1.54, 1.807) is 24.1 Å². The number of carbonyl (C=O) groups excluding carboxylic acids is 1. The molecule has 0 aliphatic heterocycles. The largest absolute Gasteiger partial charge is 0.491 e. The van der Waals surface area contributed by atoms with Gasteiger partial charge in [0.05, 0.1) is 12.3 Å². The number of rotatable bonds is 9. The second-order valence-corrected chi connectivity index (χ2v) is 7.97. The number of nitrogens with one attached hydrogen (secondary N) is 2. The maximum Gasteiger partial charge on any atom is 0.248 e. The summed E-state index contributed by atoms with van der Waals surface area (Å²) in [5.74, 6) is 1.13. The number of carbonyl (C=O) groups is 1. The Hall–Kier alpha value is -4.44. The highest BCUT2D eigenvalue weighted by Crippen LogP contribution is 2.25. The van der Waals surface area contributed by atoms with Gasteiger partial charge in [-0.2, -0.15) is 9.97 Å². The van der Waals surface area contributed by atoms with Gasteiger partial charge in [0.25, 0.3) is 0 Å². The molecule has 0 saturated carbocycles. The quantitative estimate of drug-likeness (QED) is 0.245. The van der Waals surface area contributed by atoms with Crippen molar-refractivity contribution in [3.63, 3.8) is 0 Å². The third kappa shape index (κ3) is 5.92. The minimum absolute atomic E-state index is 0.189. The minimum Gasteiger partial charge on any atom is -0.491 e. The molecule has 10 nitrogen and oxygen atoms in total. The fraction of sp³-hybridized carbons (Fsp3) is 0.200. The van der Waals surface area contributed by atoms with E-state index in [9.17, 15) is 4.79 Å². The number of amides is 1. The summed E-state index contributed by atoms with van der Waals surface area (Å²) in [6, 6.07) is 14.8. The van der Waals surface area contributed by atoms with Crippen LogP contribution in [0.3, 0.4) is 0 Å². The van der Waals surface area contributed by atoms with Gasteiger partial charge in [-0.3, -0.25) is 9.36 Å². The topological polar surface area (TPSA) is 129 Å². The zero-order valence-corrected chi connectivity index (χ0v) is 19.8. The van der Waals surface area contributed by atoms with Crippen LogP contribution < -0.4 is 21.1 Å². The molecule has 0 bridgehead atoms. The predicted molar refractivity (Wildman–Crippen MR) is 136 cm³/mol. The minimum atomic E-state index is -0.189. The van der Waals surface area contributed by atoms with Gasteiger partial charge in [-0.25, -0.2) is 4.98 Å². The van der Waals surface area contributed by atoms with Crippen LogP contribution in [0.15, 0.2) is 66.5 Å². The van der Waals surface area contributed by atoms with Crippen LogP contribution in [0.2, 0.25) is 0 Å². The van der Waals surface area contributed by atoms with Gasteiger partial charge < -0.3 is 25.8 Å². The van der Waals surface area contributed by atoms with Crippen molar-refractivity contribution >= 4 is 40.2 Å². The lowest BCUT2D eigenvalue weighted by Gasteiger charge is -2.10. The van der Waals surface area contributed by atoms with E-state index >= 15 is 0 Å². The number of fused-ring (bicyclic) bond motifs is 1. The van der Waals surface area contributed by atoms with Crippen LogP contribution in [0.5, 0.6) is 5.75 Å². The summed E-state index contributed by atoms with van der Waals surface area (Å²) in [5.41, 5.74) is 10.3. The summed E-state index contributed by atoms with van der Waals surface area (Å²) in [4.78, 5) is 25.5. The molecule has 4 N–H and O–H groups in total. The van der Waals surface area contributed by atoms with E-state index in [0.29, 0.717) is 36.0 Å². The Morgan fingerprint density at radius 1 is 1.09 bits per heavy atom. The van der Waals surface area contributed by atoms with E-state index in [4.69, 9.17) is 15.2 Å². The third-order valence-electron chi connectivity index (χ3n) is 4.90. The van der Waals surface area contributed by atoms with Crippen molar-refractivity contribution in [2.75, 3.05) is 36.7 Å². The van der Waals surface area contributed by atoms with Gasteiger partial charge in [-0.15, -0.1) is 0 Å². The van der Waals surface area contributed by atoms with Crippen molar-refractivity contribution < 1.29 is 14.3 Å². The first-order valence-electron chi connectivity index (χ1n) is 11.0. The molecule has 0 spiro atoms. The van der Waals surface area contributed by atoms with Crippen LogP contribution in [0, 0.1) is 0 Å². The Labute approximate surface area is 202 Å². The van der Waals surface area contributed by atoms with Crippen LogP contribution in [0.4, 0.5) is 23.1 Å². The van der Waals surface area contributed by atoms with Gasteiger partial charge in [-0.05, 0) is 56.3 Å². The molecule has 0 aliphatic carbocycles. The van der Waals surface area contributed by atoms with E-state index in [1.165, 1.54) is 0 Å². The molecule has 0 unspecified atom stereocenters. The Bertz CT molecular complexity index is 1360. The van der Waals surface area contributed by atoms with Crippen molar-refractivity contribution in [2.45, 2.75) is 13.8 Å². The first-order chi connectivity index (χ1) is 16.9. The number of nitrogen functional groups attached to an aromatic ring is 1. The van der Waals surface area contributed by atoms with Gasteiger partial charge in [0, 0.05) is 24.6 Å². The molecular weight excluding hydrogens is 446 g/mol. The standard InChI is InChI=1S/C25H27N7O3/c1-16(2)13-21(33)28-18-5-4-6-19(14-18)32-15-27-22-23(26)30-25(31-24(22)32)29-17-7-9-20(10-8-17)35-12-11-34-3/h4-10,13-15H,11-12H2,1-3H3,(H,28,33)(H3,26,29,30,31). The molecule has 180 valence electrons. The van der Waals surface area contributed by atoms with E-state index in [-0.39, 0.29) is 11.7 Å². The number of aromatic nitrogens is 4. The van der Waals surface area contributed by atoms with Crippen LogP contribution in [0.1, 0.15) is 13.8 Å². The Morgan fingerprint density at radius 2 is 1.89 bits per heavy atom. The molecule has 0 fully saturated rings. The summed E-state index contributed by atoms with van der Waals surface area (Å²) < 4.78 is 12.4. The SMILES string of the molecule is COCCOc1ccc(Nc2nc(N)c3ncn(-c4cccc(NC(=O)C=C(C)C)c4)c3n2)cc1. The molecule has 0 atom stereocenters. The highest BCUT2D eigenvalue weighted by Gasteiger charge is 2.13. The van der Waals surface area contributed by atoms with Crippen molar-refractivity contribution in [3.8, 4) is 11.4 Å². The first-order valence-corrected chi connectivity index (χ1v) is 11.0. The van der Waals surface area contributed by atoms with Crippen molar-refractivity contribution in [1.29, 1.82) is 0 Å². The van der Waals surface area contributed by atoms with E-state index in [1.807, 2.05) is 62.4 Å². The van der Waals surface area contributed by atoms with E-state index < -0.39 is 0 Å². The zero-order chi connectivity index (χ0) is 24.8. The average molecular weight is 474 g/mol. The summed E-state index contributed by atoms with van der Waals surface area (Å²) in [7, 11) is 1.63. The lowest BCUT2D eigenvalue weighted by atomic mass is 10.2. The Balaban J connectivity index is 1.58. The first kappa shape index (κ1) is 23.7. The van der Waals surface area contributed by atoms with E-state index in [2.05, 4.69) is 25.6 Å². The normalized spacial score (nSPS) is 10.7. The molecule has 0 saturated heterocycles. The number of hydrogen-bond donors (Lipinski definition) is 3. The molecule has 10 heteroatoms. The molecule has 2 aromatic carbocycles. The van der Waals surface area contributed by atoms with Crippen molar-refractivity contribution in [2.24, 2.45) is 0 Å². The maximum atomic E-state index is 12.1. The van der Waals surface area contributed by atoms with Gasteiger partial charge in [0.15, 0.2) is 17.0 Å². The summed E-state index contributed by atoms with van der Waals surface area (Å²) in [6.45, 7) is 4.73. The van der Waals surface area contributed by atoms with E-state index in [0.717, 1.165) is 22.7 Å². The van der Waals surface area contributed by atoms with Crippen LogP contribution in [-0.2, 0) is 9.53 Å². The molecule has 35 heavy (non-hydrogen) atoms. The molecular formula is C25H27N7O3. The van der Waals surface area contributed by atoms with Crippen LogP contribution in [-0.4, -0.2) is 45.7 Å². The molecule has 2 heterocycles. The van der Waals surface area contributed by atoms with Crippen molar-refractivity contribution in [3.05, 3.63) is 66.5 Å². The molecule has 1 amide bonds. The average Bonchev–Trinajstić information content (AvgIpc) is 3.24. The monoisotopic (exact) mass is 473 g/mol. The molecule has 4 aromatic rings. The molecule has 0 aliphatic rings. The number of ether oxygens (including phenoxy) is 2. The van der Waals surface area contributed by atoms with Crippen molar-refractivity contribution in [1.82, 2.24) is 19.5 Å². The highest BCUT2D eigenvalue weighted by molar-refractivity contribution is 5.99. The highest BCUT2D eigenvalue weighted by atomic mass is 16.5. The van der Waals surface area contributed by atoms with Gasteiger partial charge in [0.2, 0.25) is 11.9 Å². The Morgan fingerprint density at radius 3 is 2.63 bits per heavy atom. The number of allylic oxidation sites excluding steroid dienone is 1. The summed E-state index contributed by atoms with van der Waals surface area (Å²) in [5, 5.41) is 6.03. The number of benzene rings is 2. The number of nitrogens with zero attached hydrogens (tertiary/aromatic N) is 4. The molecule has 2 aromatic heterocycles. The smallest absolute Gasteiger partial charge is 0.248 e. The fourth-order valence-corrected chi connectivity index (χ4v) is 3.35. The second kappa shape index (κ2) is 10.7. The lowest BCUT2D eigenvalue weighted by Crippen LogP contribution is -2.09.